The standard InChI is InChI=1S/C19H24N4O5/c1-28-15-9-6-13(7-10-15)16-4-2-3-5-17(16)20-21-18-11-8-14(22(24)25)12-19(18)23(26)27/h4,8,11-13,15,21H,2-3,5-7,9-10H2,1H3. The van der Waals surface area contributed by atoms with E-state index in [1.807, 2.05) is 0 Å². The van der Waals surface area contributed by atoms with Crippen LogP contribution in [0.1, 0.15) is 44.9 Å². The van der Waals surface area contributed by atoms with Crippen molar-refractivity contribution in [1.29, 1.82) is 0 Å². The van der Waals surface area contributed by atoms with E-state index in [2.05, 4.69) is 16.6 Å². The molecule has 0 heterocycles. The quantitative estimate of drug-likeness (QED) is 0.562. The van der Waals surface area contributed by atoms with Crippen molar-refractivity contribution in [2.45, 2.75) is 51.0 Å². The maximum atomic E-state index is 11.3. The molecule has 0 aliphatic heterocycles. The van der Waals surface area contributed by atoms with Gasteiger partial charge in [-0.1, -0.05) is 6.08 Å². The smallest absolute Gasteiger partial charge is 0.301 e. The van der Waals surface area contributed by atoms with Gasteiger partial charge in [-0.2, -0.15) is 5.10 Å². The summed E-state index contributed by atoms with van der Waals surface area (Å²) in [5, 5.41) is 26.6. The second-order valence-corrected chi connectivity index (χ2v) is 7.15. The number of hydrogen-bond donors (Lipinski definition) is 1. The van der Waals surface area contributed by atoms with Gasteiger partial charge in [-0.15, -0.1) is 0 Å². The van der Waals surface area contributed by atoms with Gasteiger partial charge >= 0.3 is 5.69 Å². The molecule has 0 spiro atoms. The van der Waals surface area contributed by atoms with Crippen LogP contribution in [0, 0.1) is 26.1 Å². The lowest BCUT2D eigenvalue weighted by Crippen LogP contribution is -2.25. The molecule has 3 rings (SSSR count). The minimum atomic E-state index is -0.652. The molecule has 1 saturated carbocycles. The lowest BCUT2D eigenvalue weighted by molar-refractivity contribution is -0.393. The Hall–Kier alpha value is -2.81. The molecule has 0 amide bonds. The highest BCUT2D eigenvalue weighted by molar-refractivity contribution is 6.01. The van der Waals surface area contributed by atoms with Crippen molar-refractivity contribution >= 4 is 22.8 Å². The molecule has 2 aliphatic rings. The van der Waals surface area contributed by atoms with E-state index in [0.29, 0.717) is 12.0 Å². The monoisotopic (exact) mass is 388 g/mol. The molecule has 0 bridgehead atoms. The summed E-state index contributed by atoms with van der Waals surface area (Å²) in [6, 6.07) is 3.52. The van der Waals surface area contributed by atoms with Crippen LogP contribution in [-0.4, -0.2) is 28.8 Å². The van der Waals surface area contributed by atoms with Gasteiger partial charge in [0.2, 0.25) is 0 Å². The van der Waals surface area contributed by atoms with Crippen LogP contribution in [-0.2, 0) is 4.74 Å². The molecular formula is C19H24N4O5. The van der Waals surface area contributed by atoms with Crippen LogP contribution in [0.15, 0.2) is 34.9 Å². The SMILES string of the molecule is COC1CCC(C2=CCCCC2=NNc2ccc([N+](=O)[O-])cc2[N+](=O)[O-])CC1. The number of nitro groups is 2. The number of nitro benzene ring substituents is 2. The molecule has 0 unspecified atom stereocenters. The van der Waals surface area contributed by atoms with E-state index < -0.39 is 9.85 Å². The number of anilines is 1. The Morgan fingerprint density at radius 1 is 1.14 bits per heavy atom. The predicted molar refractivity (Wildman–Crippen MR) is 105 cm³/mol. The summed E-state index contributed by atoms with van der Waals surface area (Å²) in [6.07, 6.45) is 9.48. The molecule has 150 valence electrons. The number of nitrogens with one attached hydrogen (secondary N) is 1. The van der Waals surface area contributed by atoms with Gasteiger partial charge < -0.3 is 4.74 Å². The van der Waals surface area contributed by atoms with E-state index in [1.54, 1.807) is 7.11 Å². The Bertz CT molecular complexity index is 813. The highest BCUT2D eigenvalue weighted by Crippen LogP contribution is 2.35. The zero-order valence-electron chi connectivity index (χ0n) is 15.8. The summed E-state index contributed by atoms with van der Waals surface area (Å²) in [6.45, 7) is 0. The van der Waals surface area contributed by atoms with Crippen molar-refractivity contribution in [3.05, 3.63) is 50.1 Å². The molecule has 1 N–H and O–H groups in total. The third-order valence-electron chi connectivity index (χ3n) is 5.46. The largest absolute Gasteiger partial charge is 0.381 e. The van der Waals surface area contributed by atoms with Crippen LogP contribution < -0.4 is 5.43 Å². The number of methoxy groups -OCH3 is 1. The molecule has 0 saturated heterocycles. The van der Waals surface area contributed by atoms with Gasteiger partial charge in [0, 0.05) is 13.2 Å². The number of nitrogens with zero attached hydrogens (tertiary/aromatic N) is 3. The number of allylic oxidation sites excluding steroid dienone is 2. The second kappa shape index (κ2) is 8.92. The maximum Gasteiger partial charge on any atom is 0.301 e. The summed E-state index contributed by atoms with van der Waals surface area (Å²) in [5.74, 6) is 0.430. The average Bonchev–Trinajstić information content (AvgIpc) is 2.72. The van der Waals surface area contributed by atoms with Gasteiger partial charge in [-0.3, -0.25) is 25.7 Å². The second-order valence-electron chi connectivity index (χ2n) is 7.15. The van der Waals surface area contributed by atoms with Crippen LogP contribution >= 0.6 is 0 Å². The van der Waals surface area contributed by atoms with Crippen molar-refractivity contribution in [2.75, 3.05) is 12.5 Å². The summed E-state index contributed by atoms with van der Waals surface area (Å²) in [7, 11) is 1.75. The molecule has 9 nitrogen and oxygen atoms in total. The van der Waals surface area contributed by atoms with E-state index in [9.17, 15) is 20.2 Å². The fourth-order valence-corrected chi connectivity index (χ4v) is 3.93. The van der Waals surface area contributed by atoms with Crippen molar-refractivity contribution in [3.63, 3.8) is 0 Å². The molecule has 0 radical (unpaired) electrons. The Kier molecular flexibility index (Phi) is 6.35. The zero-order chi connectivity index (χ0) is 20.1. The molecule has 0 aromatic heterocycles. The number of benzene rings is 1. The first-order chi connectivity index (χ1) is 13.5. The first-order valence-electron chi connectivity index (χ1n) is 9.48. The van der Waals surface area contributed by atoms with Crippen LogP contribution in [0.2, 0.25) is 0 Å². The first kappa shape index (κ1) is 19.9. The third kappa shape index (κ3) is 4.53. The van der Waals surface area contributed by atoms with Gasteiger partial charge in [0.15, 0.2) is 0 Å². The molecule has 2 aliphatic carbocycles. The van der Waals surface area contributed by atoms with Crippen LogP contribution in [0.4, 0.5) is 17.1 Å². The number of rotatable bonds is 6. The molecular weight excluding hydrogens is 364 g/mol. The number of hydrazone groups is 1. The molecule has 1 fully saturated rings. The summed E-state index contributed by atoms with van der Waals surface area (Å²) in [4.78, 5) is 20.9. The van der Waals surface area contributed by atoms with Crippen molar-refractivity contribution in [2.24, 2.45) is 11.0 Å². The van der Waals surface area contributed by atoms with E-state index in [0.717, 1.165) is 56.7 Å². The van der Waals surface area contributed by atoms with E-state index >= 15 is 0 Å². The minimum Gasteiger partial charge on any atom is -0.381 e. The minimum absolute atomic E-state index is 0.149. The third-order valence-corrected chi connectivity index (χ3v) is 5.46. The zero-order valence-corrected chi connectivity index (χ0v) is 15.8. The van der Waals surface area contributed by atoms with Crippen LogP contribution in [0.25, 0.3) is 0 Å². The van der Waals surface area contributed by atoms with Crippen molar-refractivity contribution in [3.8, 4) is 0 Å². The lowest BCUT2D eigenvalue weighted by Gasteiger charge is -2.31. The van der Waals surface area contributed by atoms with E-state index in [-0.39, 0.29) is 17.1 Å². The van der Waals surface area contributed by atoms with Gasteiger partial charge in [0.05, 0.1) is 27.7 Å². The Balaban J connectivity index is 1.79. The number of non-ortho nitro benzene ring substituents is 1. The van der Waals surface area contributed by atoms with Gasteiger partial charge in [0.25, 0.3) is 5.69 Å². The molecule has 9 heteroatoms. The highest BCUT2D eigenvalue weighted by Gasteiger charge is 2.27. The highest BCUT2D eigenvalue weighted by atomic mass is 16.6. The van der Waals surface area contributed by atoms with Crippen LogP contribution in [0.3, 0.4) is 0 Å². The Morgan fingerprint density at radius 3 is 2.54 bits per heavy atom. The maximum absolute atomic E-state index is 11.3. The summed E-state index contributed by atoms with van der Waals surface area (Å²) >= 11 is 0. The van der Waals surface area contributed by atoms with Crippen molar-refractivity contribution in [1.82, 2.24) is 0 Å². The summed E-state index contributed by atoms with van der Waals surface area (Å²) < 4.78 is 5.45. The first-order valence-corrected chi connectivity index (χ1v) is 9.48. The Labute approximate surface area is 162 Å². The molecule has 1 aromatic rings. The normalized spacial score (nSPS) is 23.9. The van der Waals surface area contributed by atoms with Crippen molar-refractivity contribution < 1.29 is 14.6 Å². The molecule has 28 heavy (non-hydrogen) atoms. The molecule has 1 aromatic carbocycles. The summed E-state index contributed by atoms with van der Waals surface area (Å²) in [5.41, 5.74) is 4.38. The van der Waals surface area contributed by atoms with Gasteiger partial charge in [-0.05, 0) is 62.5 Å². The molecule has 0 atom stereocenters. The number of hydrogen-bond acceptors (Lipinski definition) is 7. The van der Waals surface area contributed by atoms with E-state index in [4.69, 9.17) is 4.74 Å². The average molecular weight is 388 g/mol. The Morgan fingerprint density at radius 2 is 1.89 bits per heavy atom. The fraction of sp³-hybridized carbons (Fsp3) is 0.526. The predicted octanol–water partition coefficient (Wildman–Crippen LogP) is 4.59. The van der Waals surface area contributed by atoms with Gasteiger partial charge in [-0.25, -0.2) is 0 Å². The topological polar surface area (TPSA) is 120 Å². The van der Waals surface area contributed by atoms with E-state index in [1.165, 1.54) is 17.7 Å². The number of ether oxygens (including phenoxy) is 1. The lowest BCUT2D eigenvalue weighted by atomic mass is 9.78. The fourth-order valence-electron chi connectivity index (χ4n) is 3.93. The van der Waals surface area contributed by atoms with Gasteiger partial charge in [0.1, 0.15) is 5.69 Å². The van der Waals surface area contributed by atoms with Crippen LogP contribution in [0.5, 0.6) is 0 Å².